The zero-order valence-electron chi connectivity index (χ0n) is 9.22. The molecule has 0 radical (unpaired) electrons. The maximum atomic E-state index is 11.2. The van der Waals surface area contributed by atoms with Gasteiger partial charge in [-0.1, -0.05) is 29.8 Å². The molecule has 0 aromatic heterocycles. The molecule has 2 aliphatic carbocycles. The molecule has 2 bridgehead atoms. The van der Waals surface area contributed by atoms with E-state index in [2.05, 4.69) is 15.9 Å². The average Bonchev–Trinajstić information content (AvgIpc) is 2.48. The first-order valence-electron chi connectivity index (χ1n) is 5.39. The van der Waals surface area contributed by atoms with Crippen LogP contribution in [0.2, 0.25) is 0 Å². The van der Waals surface area contributed by atoms with E-state index in [1.165, 1.54) is 0 Å². The van der Waals surface area contributed by atoms with Gasteiger partial charge in [0, 0.05) is 6.42 Å². The van der Waals surface area contributed by atoms with Gasteiger partial charge in [0.2, 0.25) is 5.91 Å². The van der Waals surface area contributed by atoms with E-state index in [0.29, 0.717) is 6.42 Å². The van der Waals surface area contributed by atoms with E-state index < -0.39 is 6.10 Å². The van der Waals surface area contributed by atoms with Crippen LogP contribution in [-0.4, -0.2) is 21.4 Å². The number of primary amides is 1. The molecule has 15 heavy (non-hydrogen) atoms. The van der Waals surface area contributed by atoms with E-state index in [1.54, 1.807) is 0 Å². The van der Waals surface area contributed by atoms with E-state index in [0.717, 1.165) is 19.3 Å². The summed E-state index contributed by atoms with van der Waals surface area (Å²) in [5, 5.41) is 10.3. The zero-order valence-corrected chi connectivity index (χ0v) is 10.8. The van der Waals surface area contributed by atoms with E-state index in [-0.39, 0.29) is 21.1 Å². The Balaban J connectivity index is 2.37. The van der Waals surface area contributed by atoms with E-state index in [4.69, 9.17) is 5.73 Å². The third-order valence-corrected chi connectivity index (χ3v) is 5.82. The molecule has 0 aromatic rings. The lowest BCUT2D eigenvalue weighted by Crippen LogP contribution is -2.47. The number of carbonyl (C=O) groups is 1. The van der Waals surface area contributed by atoms with E-state index >= 15 is 0 Å². The molecule has 1 amide bonds. The third-order valence-electron chi connectivity index (χ3n) is 4.70. The largest absolute Gasteiger partial charge is 0.391 e. The minimum atomic E-state index is -0.391. The summed E-state index contributed by atoms with van der Waals surface area (Å²) in [6.07, 6.45) is 2.77. The van der Waals surface area contributed by atoms with Gasteiger partial charge in [-0.3, -0.25) is 4.79 Å². The standard InChI is InChI=1S/C11H18BrNO2/c1-9(2)8(15)11(12)4-3-10(9,6-11)5-7(13)14/h8,15H,3-6H2,1-2H3,(H2,13,14)/t8-,10+,11+/m0/s1. The Morgan fingerprint density at radius 1 is 1.53 bits per heavy atom. The van der Waals surface area contributed by atoms with Gasteiger partial charge >= 0.3 is 0 Å². The topological polar surface area (TPSA) is 63.3 Å². The van der Waals surface area contributed by atoms with Crippen LogP contribution in [-0.2, 0) is 4.79 Å². The van der Waals surface area contributed by atoms with Gasteiger partial charge in [0.05, 0.1) is 10.4 Å². The highest BCUT2D eigenvalue weighted by Crippen LogP contribution is 2.69. The molecule has 2 rings (SSSR count). The van der Waals surface area contributed by atoms with Crippen molar-refractivity contribution in [3.05, 3.63) is 0 Å². The molecule has 0 spiro atoms. The van der Waals surface area contributed by atoms with Gasteiger partial charge in [-0.2, -0.15) is 0 Å². The van der Waals surface area contributed by atoms with Gasteiger partial charge in [-0.05, 0) is 30.1 Å². The molecule has 0 aromatic carbocycles. The van der Waals surface area contributed by atoms with Crippen LogP contribution in [0.1, 0.15) is 39.5 Å². The second kappa shape index (κ2) is 2.98. The molecule has 2 fully saturated rings. The number of hydrogen-bond donors (Lipinski definition) is 2. The van der Waals surface area contributed by atoms with Crippen molar-refractivity contribution in [2.24, 2.45) is 16.6 Å². The summed E-state index contributed by atoms with van der Waals surface area (Å²) >= 11 is 3.65. The average molecular weight is 276 g/mol. The van der Waals surface area contributed by atoms with Crippen molar-refractivity contribution < 1.29 is 9.90 Å². The maximum Gasteiger partial charge on any atom is 0.217 e. The van der Waals surface area contributed by atoms with Crippen LogP contribution in [0.5, 0.6) is 0 Å². The summed E-state index contributed by atoms with van der Waals surface area (Å²) in [7, 11) is 0. The fourth-order valence-electron chi connectivity index (χ4n) is 3.62. The molecule has 3 nitrogen and oxygen atoms in total. The first-order valence-corrected chi connectivity index (χ1v) is 6.18. The van der Waals surface area contributed by atoms with Crippen LogP contribution in [0.4, 0.5) is 0 Å². The highest BCUT2D eigenvalue weighted by Gasteiger charge is 2.68. The molecule has 0 unspecified atom stereocenters. The number of amides is 1. The second-order valence-electron chi connectivity index (χ2n) is 5.76. The number of nitrogens with two attached hydrogens (primary N) is 1. The van der Waals surface area contributed by atoms with Crippen LogP contribution in [0.25, 0.3) is 0 Å². The van der Waals surface area contributed by atoms with Gasteiger partial charge in [0.15, 0.2) is 0 Å². The number of aliphatic hydroxyl groups excluding tert-OH is 1. The van der Waals surface area contributed by atoms with Gasteiger partial charge in [-0.25, -0.2) is 0 Å². The summed E-state index contributed by atoms with van der Waals surface area (Å²) in [6, 6.07) is 0. The summed E-state index contributed by atoms with van der Waals surface area (Å²) in [5.74, 6) is -0.256. The van der Waals surface area contributed by atoms with Crippen LogP contribution in [0.15, 0.2) is 0 Å². The van der Waals surface area contributed by atoms with E-state index in [9.17, 15) is 9.90 Å². The fourth-order valence-corrected chi connectivity index (χ4v) is 4.93. The van der Waals surface area contributed by atoms with Crippen molar-refractivity contribution in [3.8, 4) is 0 Å². The lowest BCUT2D eigenvalue weighted by molar-refractivity contribution is -0.123. The van der Waals surface area contributed by atoms with Gasteiger partial charge < -0.3 is 10.8 Å². The van der Waals surface area contributed by atoms with Crippen LogP contribution in [0.3, 0.4) is 0 Å². The van der Waals surface area contributed by atoms with Crippen LogP contribution < -0.4 is 5.73 Å². The fraction of sp³-hybridized carbons (Fsp3) is 0.909. The van der Waals surface area contributed by atoms with E-state index in [1.807, 2.05) is 13.8 Å². The van der Waals surface area contributed by atoms with Gasteiger partial charge in [0.1, 0.15) is 0 Å². The molecule has 2 aliphatic rings. The number of hydrogen-bond acceptors (Lipinski definition) is 2. The number of fused-ring (bicyclic) bond motifs is 2. The summed E-state index contributed by atoms with van der Waals surface area (Å²) in [5.41, 5.74) is 4.98. The second-order valence-corrected chi connectivity index (χ2v) is 7.34. The lowest BCUT2D eigenvalue weighted by atomic mass is 9.62. The monoisotopic (exact) mass is 275 g/mol. The molecule has 0 aliphatic heterocycles. The normalized spacial score (nSPS) is 47.1. The molecular weight excluding hydrogens is 258 g/mol. The van der Waals surface area contributed by atoms with Crippen molar-refractivity contribution in [2.75, 3.05) is 0 Å². The SMILES string of the molecule is CC1(C)[C@H](O)[C@@]2(Br)CC[C@@]1(CC(N)=O)C2. The minimum Gasteiger partial charge on any atom is -0.391 e. The van der Waals surface area contributed by atoms with Crippen molar-refractivity contribution in [3.63, 3.8) is 0 Å². The van der Waals surface area contributed by atoms with Crippen molar-refractivity contribution in [2.45, 2.75) is 50.0 Å². The maximum absolute atomic E-state index is 11.2. The van der Waals surface area contributed by atoms with Gasteiger partial charge in [0.25, 0.3) is 0 Å². The minimum absolute atomic E-state index is 0.109. The Morgan fingerprint density at radius 3 is 2.53 bits per heavy atom. The molecule has 0 saturated heterocycles. The molecule has 4 heteroatoms. The highest BCUT2D eigenvalue weighted by atomic mass is 79.9. The third kappa shape index (κ3) is 1.30. The molecule has 0 heterocycles. The van der Waals surface area contributed by atoms with Crippen LogP contribution in [0, 0.1) is 10.8 Å². The Labute approximate surface area is 98.5 Å². The first-order chi connectivity index (χ1) is 6.74. The number of alkyl halides is 1. The smallest absolute Gasteiger partial charge is 0.217 e. The Kier molecular flexibility index (Phi) is 2.26. The summed E-state index contributed by atoms with van der Waals surface area (Å²) in [4.78, 5) is 11.2. The Morgan fingerprint density at radius 2 is 2.13 bits per heavy atom. The number of rotatable bonds is 2. The van der Waals surface area contributed by atoms with Crippen LogP contribution >= 0.6 is 15.9 Å². The zero-order chi connectivity index (χ0) is 11.5. The number of carbonyl (C=O) groups excluding carboxylic acids is 1. The molecule has 3 atom stereocenters. The van der Waals surface area contributed by atoms with Crippen molar-refractivity contribution >= 4 is 21.8 Å². The predicted molar refractivity (Wildman–Crippen MR) is 61.5 cm³/mol. The van der Waals surface area contributed by atoms with Crippen molar-refractivity contribution in [1.29, 1.82) is 0 Å². The quantitative estimate of drug-likeness (QED) is 0.752. The molecular formula is C11H18BrNO2. The molecule has 86 valence electrons. The first kappa shape index (κ1) is 11.4. The predicted octanol–water partition coefficient (Wildman–Crippen LogP) is 1.57. The summed E-state index contributed by atoms with van der Waals surface area (Å²) in [6.45, 7) is 4.09. The number of halogens is 1. The Bertz CT molecular complexity index is 318. The Hall–Kier alpha value is -0.0900. The number of aliphatic hydroxyl groups is 1. The van der Waals surface area contributed by atoms with Gasteiger partial charge in [-0.15, -0.1) is 0 Å². The summed E-state index contributed by atoms with van der Waals surface area (Å²) < 4.78 is -0.189. The highest BCUT2D eigenvalue weighted by molar-refractivity contribution is 9.10. The molecule has 3 N–H and O–H groups in total. The lowest BCUT2D eigenvalue weighted by Gasteiger charge is -2.45. The van der Waals surface area contributed by atoms with Crippen molar-refractivity contribution in [1.82, 2.24) is 0 Å². The molecule has 2 saturated carbocycles.